The van der Waals surface area contributed by atoms with Gasteiger partial charge in [0.25, 0.3) is 0 Å². The molecule has 0 aromatic heterocycles. The van der Waals surface area contributed by atoms with Crippen LogP contribution in [0.5, 0.6) is 0 Å². The lowest BCUT2D eigenvalue weighted by Gasteiger charge is -2.09. The molecule has 106 valence electrons. The van der Waals surface area contributed by atoms with E-state index >= 15 is 0 Å². The zero-order chi connectivity index (χ0) is 14.8. The summed E-state index contributed by atoms with van der Waals surface area (Å²) in [6, 6.07) is 11.6. The molecule has 4 nitrogen and oxygen atoms in total. The molecule has 0 radical (unpaired) electrons. The molecule has 0 spiro atoms. The van der Waals surface area contributed by atoms with Gasteiger partial charge in [-0.3, -0.25) is 0 Å². The van der Waals surface area contributed by atoms with Crippen LogP contribution < -0.4 is 10.5 Å². The Hall–Kier alpha value is -1.08. The minimum atomic E-state index is -3.66. The summed E-state index contributed by atoms with van der Waals surface area (Å²) < 4.78 is 27.6. The standard InChI is InChI=1S/C13H12BrClN2O2S/c14-10-3-6-12(16)13(7-10)20(18,19)17-8-9-1-4-11(15)5-2-9/h1-7,17H,8,16H2. The fourth-order valence-corrected chi connectivity index (χ4v) is 3.41. The molecule has 20 heavy (non-hydrogen) atoms. The Kier molecular flexibility index (Phi) is 4.70. The first kappa shape index (κ1) is 15.3. The van der Waals surface area contributed by atoms with Crippen molar-refractivity contribution in [2.24, 2.45) is 0 Å². The van der Waals surface area contributed by atoms with E-state index in [2.05, 4.69) is 20.7 Å². The summed E-state index contributed by atoms with van der Waals surface area (Å²) in [5.74, 6) is 0. The third-order valence-corrected chi connectivity index (χ3v) is 4.85. The second-order valence-electron chi connectivity index (χ2n) is 4.13. The first-order valence-corrected chi connectivity index (χ1v) is 8.33. The number of sulfonamides is 1. The van der Waals surface area contributed by atoms with Gasteiger partial charge >= 0.3 is 0 Å². The summed E-state index contributed by atoms with van der Waals surface area (Å²) in [5, 5.41) is 0.604. The highest BCUT2D eigenvalue weighted by molar-refractivity contribution is 9.10. The highest BCUT2D eigenvalue weighted by Gasteiger charge is 2.17. The van der Waals surface area contributed by atoms with Gasteiger partial charge in [0.2, 0.25) is 10.0 Å². The van der Waals surface area contributed by atoms with Gasteiger partial charge < -0.3 is 5.73 Å². The van der Waals surface area contributed by atoms with Crippen LogP contribution in [-0.2, 0) is 16.6 Å². The molecule has 2 rings (SSSR count). The fourth-order valence-electron chi connectivity index (χ4n) is 1.60. The van der Waals surface area contributed by atoms with Crippen molar-refractivity contribution in [1.82, 2.24) is 4.72 Å². The topological polar surface area (TPSA) is 72.2 Å². The molecule has 0 aliphatic carbocycles. The molecule has 0 saturated heterocycles. The largest absolute Gasteiger partial charge is 0.398 e. The van der Waals surface area contributed by atoms with Gasteiger partial charge in [0, 0.05) is 16.0 Å². The van der Waals surface area contributed by atoms with Crippen molar-refractivity contribution in [3.63, 3.8) is 0 Å². The minimum Gasteiger partial charge on any atom is -0.398 e. The van der Waals surface area contributed by atoms with Crippen molar-refractivity contribution >= 4 is 43.2 Å². The van der Waals surface area contributed by atoms with Gasteiger partial charge in [0.1, 0.15) is 4.90 Å². The Morgan fingerprint density at radius 2 is 1.80 bits per heavy atom. The third kappa shape index (κ3) is 3.73. The predicted octanol–water partition coefficient (Wildman–Crippen LogP) is 3.16. The second-order valence-corrected chi connectivity index (χ2v) is 7.22. The second kappa shape index (κ2) is 6.13. The molecular weight excluding hydrogens is 364 g/mol. The fraction of sp³-hybridized carbons (Fsp3) is 0.0769. The van der Waals surface area contributed by atoms with Crippen molar-refractivity contribution in [2.75, 3.05) is 5.73 Å². The zero-order valence-corrected chi connectivity index (χ0v) is 13.5. The van der Waals surface area contributed by atoms with Crippen LogP contribution in [0, 0.1) is 0 Å². The van der Waals surface area contributed by atoms with E-state index in [9.17, 15) is 8.42 Å². The average Bonchev–Trinajstić information content (AvgIpc) is 2.41. The van der Waals surface area contributed by atoms with Crippen molar-refractivity contribution in [2.45, 2.75) is 11.4 Å². The Bertz CT molecular complexity index is 718. The lowest BCUT2D eigenvalue weighted by atomic mass is 10.2. The molecule has 0 heterocycles. The van der Waals surface area contributed by atoms with E-state index in [1.54, 1.807) is 36.4 Å². The summed E-state index contributed by atoms with van der Waals surface area (Å²) in [4.78, 5) is 0.0563. The molecule has 0 fully saturated rings. The van der Waals surface area contributed by atoms with Gasteiger partial charge in [-0.1, -0.05) is 39.7 Å². The van der Waals surface area contributed by atoms with Gasteiger partial charge in [-0.15, -0.1) is 0 Å². The van der Waals surface area contributed by atoms with Crippen molar-refractivity contribution < 1.29 is 8.42 Å². The van der Waals surface area contributed by atoms with Crippen molar-refractivity contribution in [1.29, 1.82) is 0 Å². The van der Waals surface area contributed by atoms with E-state index in [1.807, 2.05) is 0 Å². The maximum atomic E-state index is 12.2. The molecule has 2 aromatic rings. The number of hydrogen-bond donors (Lipinski definition) is 2. The molecule has 0 aliphatic rings. The molecule has 0 bridgehead atoms. The van der Waals surface area contributed by atoms with Crippen LogP contribution in [0.3, 0.4) is 0 Å². The quantitative estimate of drug-likeness (QED) is 0.806. The van der Waals surface area contributed by atoms with E-state index in [0.717, 1.165) is 5.56 Å². The maximum Gasteiger partial charge on any atom is 0.242 e. The lowest BCUT2D eigenvalue weighted by Crippen LogP contribution is -2.24. The van der Waals surface area contributed by atoms with Gasteiger partial charge in [-0.25, -0.2) is 13.1 Å². The maximum absolute atomic E-state index is 12.2. The molecule has 2 aromatic carbocycles. The van der Waals surface area contributed by atoms with E-state index in [4.69, 9.17) is 17.3 Å². The van der Waals surface area contributed by atoms with Crippen molar-refractivity contribution in [3.05, 3.63) is 57.5 Å². The number of nitrogens with one attached hydrogen (secondary N) is 1. The number of anilines is 1. The highest BCUT2D eigenvalue weighted by Crippen LogP contribution is 2.23. The SMILES string of the molecule is Nc1ccc(Br)cc1S(=O)(=O)NCc1ccc(Cl)cc1. The molecular formula is C13H12BrClN2O2S. The average molecular weight is 376 g/mol. The Balaban J connectivity index is 2.19. The van der Waals surface area contributed by atoms with Crippen LogP contribution >= 0.6 is 27.5 Å². The number of hydrogen-bond acceptors (Lipinski definition) is 3. The smallest absolute Gasteiger partial charge is 0.242 e. The van der Waals surface area contributed by atoms with Crippen LogP contribution in [0.15, 0.2) is 51.8 Å². The summed E-state index contributed by atoms with van der Waals surface area (Å²) in [7, 11) is -3.66. The summed E-state index contributed by atoms with van der Waals surface area (Å²) in [5.41, 5.74) is 6.72. The minimum absolute atomic E-state index is 0.0563. The molecule has 7 heteroatoms. The van der Waals surface area contributed by atoms with Gasteiger partial charge in [0.05, 0.1) is 5.69 Å². The first-order chi connectivity index (χ1) is 9.38. The molecule has 0 saturated carbocycles. The first-order valence-electron chi connectivity index (χ1n) is 5.67. The molecule has 0 unspecified atom stereocenters. The Morgan fingerprint density at radius 1 is 1.15 bits per heavy atom. The number of benzene rings is 2. The van der Waals surface area contributed by atoms with Gasteiger partial charge in [-0.2, -0.15) is 0 Å². The lowest BCUT2D eigenvalue weighted by molar-refractivity contribution is 0.581. The van der Waals surface area contributed by atoms with Gasteiger partial charge in [0.15, 0.2) is 0 Å². The van der Waals surface area contributed by atoms with Crippen LogP contribution in [-0.4, -0.2) is 8.42 Å². The predicted molar refractivity (Wildman–Crippen MR) is 84.0 cm³/mol. The van der Waals surface area contributed by atoms with Crippen LogP contribution in [0.25, 0.3) is 0 Å². The Labute approximate surface area is 131 Å². The summed E-state index contributed by atoms with van der Waals surface area (Å²) in [6.07, 6.45) is 0. The normalized spacial score (nSPS) is 11.5. The monoisotopic (exact) mass is 374 g/mol. The van der Waals surface area contributed by atoms with Gasteiger partial charge in [-0.05, 0) is 35.9 Å². The zero-order valence-electron chi connectivity index (χ0n) is 10.3. The number of rotatable bonds is 4. The molecule has 0 atom stereocenters. The summed E-state index contributed by atoms with van der Waals surface area (Å²) >= 11 is 9.01. The molecule has 0 aliphatic heterocycles. The van der Waals surface area contributed by atoms with Crippen LogP contribution in [0.2, 0.25) is 5.02 Å². The molecule has 0 amide bonds. The summed E-state index contributed by atoms with van der Waals surface area (Å²) in [6.45, 7) is 0.172. The van der Waals surface area contributed by atoms with E-state index < -0.39 is 10.0 Å². The van der Waals surface area contributed by atoms with E-state index in [0.29, 0.717) is 9.50 Å². The number of halogens is 2. The highest BCUT2D eigenvalue weighted by atomic mass is 79.9. The number of nitrogens with two attached hydrogens (primary N) is 1. The van der Waals surface area contributed by atoms with Crippen LogP contribution in [0.4, 0.5) is 5.69 Å². The molecule has 3 N–H and O–H groups in total. The third-order valence-electron chi connectivity index (χ3n) is 2.64. The van der Waals surface area contributed by atoms with E-state index in [1.165, 1.54) is 6.07 Å². The van der Waals surface area contributed by atoms with E-state index in [-0.39, 0.29) is 17.1 Å². The Morgan fingerprint density at radius 3 is 2.45 bits per heavy atom. The number of nitrogen functional groups attached to an aromatic ring is 1. The van der Waals surface area contributed by atoms with Crippen LogP contribution in [0.1, 0.15) is 5.56 Å². The van der Waals surface area contributed by atoms with Crippen molar-refractivity contribution in [3.8, 4) is 0 Å².